The van der Waals surface area contributed by atoms with Crippen LogP contribution >= 0.6 is 0 Å². The first-order valence-corrected chi connectivity index (χ1v) is 9.03. The summed E-state index contributed by atoms with van der Waals surface area (Å²) in [6.45, 7) is 3.53. The first-order chi connectivity index (χ1) is 13.5. The summed E-state index contributed by atoms with van der Waals surface area (Å²) < 4.78 is 40.1. The van der Waals surface area contributed by atoms with Gasteiger partial charge in [0.2, 0.25) is 0 Å². The summed E-state index contributed by atoms with van der Waals surface area (Å²) in [6.07, 6.45) is -1.06. The Morgan fingerprint density at radius 2 is 2.25 bits per heavy atom. The van der Waals surface area contributed by atoms with Crippen LogP contribution < -0.4 is 10.6 Å². The van der Waals surface area contributed by atoms with Crippen molar-refractivity contribution < 1.29 is 13.2 Å². The molecule has 2 aromatic rings. The number of aromatic nitrogens is 3. The third-order valence-corrected chi connectivity index (χ3v) is 4.23. The average Bonchev–Trinajstić information content (AvgIpc) is 3.13. The molecule has 0 bridgehead atoms. The van der Waals surface area contributed by atoms with Crippen LogP contribution in [0, 0.1) is 11.8 Å². The normalized spacial score (nSPS) is 16.7. The predicted molar refractivity (Wildman–Crippen MR) is 99.6 cm³/mol. The number of alkyl halides is 3. The van der Waals surface area contributed by atoms with Crippen molar-refractivity contribution in [3.63, 3.8) is 0 Å². The molecule has 1 unspecified atom stereocenters. The molecule has 0 fully saturated rings. The first kappa shape index (κ1) is 19.7. The second kappa shape index (κ2) is 8.78. The van der Waals surface area contributed by atoms with E-state index >= 15 is 0 Å². The van der Waals surface area contributed by atoms with E-state index in [-0.39, 0.29) is 12.6 Å². The lowest BCUT2D eigenvalue weighted by atomic mass is 10.1. The van der Waals surface area contributed by atoms with Crippen molar-refractivity contribution in [2.24, 2.45) is 4.99 Å². The topological polar surface area (TPSA) is 67.1 Å². The maximum atomic E-state index is 12.7. The SMILES string of the molecule is CCNC(=NCC#Cc1cccc(C(F)(F)F)c1)NC1CCc2ncnn2C1. The summed E-state index contributed by atoms with van der Waals surface area (Å²) in [4.78, 5) is 8.60. The molecule has 1 aromatic heterocycles. The Balaban J connectivity index is 1.61. The van der Waals surface area contributed by atoms with Gasteiger partial charge in [0.15, 0.2) is 5.96 Å². The largest absolute Gasteiger partial charge is 0.416 e. The van der Waals surface area contributed by atoms with Crippen molar-refractivity contribution in [1.82, 2.24) is 25.4 Å². The fraction of sp³-hybridized carbons (Fsp3) is 0.421. The third-order valence-electron chi connectivity index (χ3n) is 4.23. The Hall–Kier alpha value is -3.02. The molecule has 0 aliphatic carbocycles. The van der Waals surface area contributed by atoms with Gasteiger partial charge in [0.25, 0.3) is 0 Å². The lowest BCUT2D eigenvalue weighted by molar-refractivity contribution is -0.137. The van der Waals surface area contributed by atoms with E-state index < -0.39 is 11.7 Å². The minimum Gasteiger partial charge on any atom is -0.357 e. The highest BCUT2D eigenvalue weighted by Gasteiger charge is 2.30. The highest BCUT2D eigenvalue weighted by Crippen LogP contribution is 2.29. The predicted octanol–water partition coefficient (Wildman–Crippen LogP) is 2.22. The highest BCUT2D eigenvalue weighted by molar-refractivity contribution is 5.80. The minimum atomic E-state index is -4.37. The highest BCUT2D eigenvalue weighted by atomic mass is 19.4. The molecule has 28 heavy (non-hydrogen) atoms. The zero-order valence-corrected chi connectivity index (χ0v) is 15.4. The fourth-order valence-corrected chi connectivity index (χ4v) is 2.90. The number of aryl methyl sites for hydroxylation is 1. The summed E-state index contributed by atoms with van der Waals surface area (Å²) in [6, 6.07) is 5.14. The van der Waals surface area contributed by atoms with Crippen LogP contribution in [0.2, 0.25) is 0 Å². The van der Waals surface area contributed by atoms with Gasteiger partial charge in [-0.05, 0) is 31.5 Å². The van der Waals surface area contributed by atoms with Gasteiger partial charge in [-0.2, -0.15) is 18.3 Å². The summed E-state index contributed by atoms with van der Waals surface area (Å²) in [7, 11) is 0. The van der Waals surface area contributed by atoms with E-state index in [1.165, 1.54) is 6.07 Å². The Morgan fingerprint density at radius 1 is 1.39 bits per heavy atom. The average molecular weight is 390 g/mol. The lowest BCUT2D eigenvalue weighted by Crippen LogP contribution is -2.47. The van der Waals surface area contributed by atoms with Crippen LogP contribution in [0.4, 0.5) is 13.2 Å². The van der Waals surface area contributed by atoms with E-state index in [1.54, 1.807) is 12.4 Å². The van der Waals surface area contributed by atoms with Crippen LogP contribution in [-0.2, 0) is 19.1 Å². The number of halogens is 3. The summed E-state index contributed by atoms with van der Waals surface area (Å²) in [5.41, 5.74) is -0.392. The Kier molecular flexibility index (Phi) is 6.19. The van der Waals surface area contributed by atoms with Gasteiger partial charge in [-0.3, -0.25) is 0 Å². The molecule has 1 aromatic carbocycles. The van der Waals surface area contributed by atoms with Gasteiger partial charge in [0.05, 0.1) is 12.1 Å². The molecule has 2 heterocycles. The molecular formula is C19H21F3N6. The molecule has 0 amide bonds. The number of rotatable bonds is 3. The van der Waals surface area contributed by atoms with Gasteiger partial charge >= 0.3 is 6.18 Å². The van der Waals surface area contributed by atoms with Crippen LogP contribution in [-0.4, -0.2) is 39.9 Å². The van der Waals surface area contributed by atoms with E-state index in [0.717, 1.165) is 30.8 Å². The Labute approximate surface area is 161 Å². The van der Waals surface area contributed by atoms with Gasteiger partial charge in [-0.1, -0.05) is 17.9 Å². The monoisotopic (exact) mass is 390 g/mol. The van der Waals surface area contributed by atoms with E-state index in [9.17, 15) is 13.2 Å². The number of hydrogen-bond donors (Lipinski definition) is 2. The van der Waals surface area contributed by atoms with Crippen molar-refractivity contribution in [2.45, 2.75) is 38.5 Å². The number of aliphatic imine (C=N–C) groups is 1. The Morgan fingerprint density at radius 3 is 3.04 bits per heavy atom. The smallest absolute Gasteiger partial charge is 0.357 e. The fourth-order valence-electron chi connectivity index (χ4n) is 2.90. The second-order valence-corrected chi connectivity index (χ2v) is 6.31. The van der Waals surface area contributed by atoms with Gasteiger partial charge in [0.1, 0.15) is 18.7 Å². The summed E-state index contributed by atoms with van der Waals surface area (Å²) in [5, 5.41) is 10.7. The molecular weight excluding hydrogens is 369 g/mol. The van der Waals surface area contributed by atoms with Crippen LogP contribution in [0.3, 0.4) is 0 Å². The first-order valence-electron chi connectivity index (χ1n) is 9.03. The maximum Gasteiger partial charge on any atom is 0.416 e. The second-order valence-electron chi connectivity index (χ2n) is 6.31. The molecule has 0 saturated heterocycles. The van der Waals surface area contributed by atoms with Crippen molar-refractivity contribution in [3.05, 3.63) is 47.5 Å². The summed E-state index contributed by atoms with van der Waals surface area (Å²) in [5.74, 6) is 7.14. The number of hydrogen-bond acceptors (Lipinski definition) is 3. The molecule has 9 heteroatoms. The van der Waals surface area contributed by atoms with Crippen molar-refractivity contribution in [1.29, 1.82) is 0 Å². The molecule has 1 aliphatic heterocycles. The number of guanidine groups is 1. The van der Waals surface area contributed by atoms with Crippen LogP contribution in [0.1, 0.15) is 30.3 Å². The van der Waals surface area contributed by atoms with E-state index in [1.807, 2.05) is 11.6 Å². The number of fused-ring (bicyclic) bond motifs is 1. The molecule has 0 saturated carbocycles. The molecule has 0 radical (unpaired) electrons. The quantitative estimate of drug-likeness (QED) is 0.479. The molecule has 1 atom stereocenters. The van der Waals surface area contributed by atoms with Crippen LogP contribution in [0.5, 0.6) is 0 Å². The molecule has 2 N–H and O–H groups in total. The lowest BCUT2D eigenvalue weighted by Gasteiger charge is -2.25. The molecule has 6 nitrogen and oxygen atoms in total. The van der Waals surface area contributed by atoms with E-state index in [4.69, 9.17) is 0 Å². The van der Waals surface area contributed by atoms with Gasteiger partial charge < -0.3 is 10.6 Å². The standard InChI is InChI=1S/C19H21F3N6/c1-2-23-18(27-16-8-9-17-25-13-26-28(17)12-16)24-10-4-6-14-5-3-7-15(11-14)19(20,21)22/h3,5,7,11,13,16H,2,8-10,12H2,1H3,(H2,23,24,27). The van der Waals surface area contributed by atoms with Crippen molar-refractivity contribution in [2.75, 3.05) is 13.1 Å². The Bertz CT molecular complexity index is 891. The van der Waals surface area contributed by atoms with Gasteiger partial charge in [-0.25, -0.2) is 14.7 Å². The summed E-state index contributed by atoms with van der Waals surface area (Å²) >= 11 is 0. The van der Waals surface area contributed by atoms with Crippen molar-refractivity contribution >= 4 is 5.96 Å². The van der Waals surface area contributed by atoms with E-state index in [0.29, 0.717) is 24.6 Å². The third kappa shape index (κ3) is 5.25. The molecule has 1 aliphatic rings. The number of nitrogens with one attached hydrogen (secondary N) is 2. The van der Waals surface area contributed by atoms with Crippen LogP contribution in [0.15, 0.2) is 35.6 Å². The zero-order chi connectivity index (χ0) is 20.0. The molecule has 0 spiro atoms. The van der Waals surface area contributed by atoms with Crippen molar-refractivity contribution in [3.8, 4) is 11.8 Å². The number of nitrogens with zero attached hydrogens (tertiary/aromatic N) is 4. The minimum absolute atomic E-state index is 0.170. The molecule has 148 valence electrons. The van der Waals surface area contributed by atoms with E-state index in [2.05, 4.69) is 37.5 Å². The van der Waals surface area contributed by atoms with Crippen LogP contribution in [0.25, 0.3) is 0 Å². The molecule has 3 rings (SSSR count). The maximum absolute atomic E-state index is 12.7. The zero-order valence-electron chi connectivity index (χ0n) is 15.4. The van der Waals surface area contributed by atoms with Gasteiger partial charge in [0, 0.05) is 24.6 Å². The number of benzene rings is 1. The van der Waals surface area contributed by atoms with Gasteiger partial charge in [-0.15, -0.1) is 0 Å².